The van der Waals surface area contributed by atoms with Crippen molar-refractivity contribution in [2.75, 3.05) is 4.90 Å². The van der Waals surface area contributed by atoms with Crippen molar-refractivity contribution in [3.05, 3.63) is 283 Å². The molecule has 0 saturated heterocycles. The summed E-state index contributed by atoms with van der Waals surface area (Å²) < 4.78 is 6.95. The van der Waals surface area contributed by atoms with Gasteiger partial charge in [-0.2, -0.15) is 0 Å². The van der Waals surface area contributed by atoms with Crippen LogP contribution in [0.3, 0.4) is 0 Å². The summed E-state index contributed by atoms with van der Waals surface area (Å²) in [5.74, 6) is 0. The maximum absolute atomic E-state index is 6.95. The molecule has 1 heterocycles. The lowest BCUT2D eigenvalue weighted by molar-refractivity contribution is 0.670. The molecule has 2 aliphatic rings. The molecule has 12 aromatic carbocycles. The lowest BCUT2D eigenvalue weighted by atomic mass is 9.70. The number of fused-ring (bicyclic) bond motifs is 15. The maximum atomic E-state index is 6.95. The summed E-state index contributed by atoms with van der Waals surface area (Å²) in [6.07, 6.45) is 0. The van der Waals surface area contributed by atoms with Crippen LogP contribution in [0.1, 0.15) is 22.3 Å². The molecule has 71 heavy (non-hydrogen) atoms. The fourth-order valence-corrected chi connectivity index (χ4v) is 12.4. The number of hydrogen-bond donors (Lipinski definition) is 0. The first kappa shape index (κ1) is 39.7. The molecule has 1 spiro atoms. The first-order valence-corrected chi connectivity index (χ1v) is 24.6. The van der Waals surface area contributed by atoms with Crippen molar-refractivity contribution in [2.45, 2.75) is 5.41 Å². The Bertz CT molecular complexity index is 4240. The van der Waals surface area contributed by atoms with Crippen LogP contribution in [0.5, 0.6) is 0 Å². The summed E-state index contributed by atoms with van der Waals surface area (Å²) in [6, 6.07) is 96.0. The molecule has 2 aliphatic carbocycles. The molecule has 13 aromatic rings. The van der Waals surface area contributed by atoms with Gasteiger partial charge in [-0.25, -0.2) is 0 Å². The van der Waals surface area contributed by atoms with Crippen LogP contribution in [0.15, 0.2) is 265 Å². The summed E-state index contributed by atoms with van der Waals surface area (Å²) in [5, 5.41) is 7.11. The molecule has 15 rings (SSSR count). The Morgan fingerprint density at radius 3 is 1.52 bits per heavy atom. The Morgan fingerprint density at radius 2 is 0.775 bits per heavy atom. The highest BCUT2D eigenvalue weighted by atomic mass is 16.3. The lowest BCUT2D eigenvalue weighted by Crippen LogP contribution is -2.26. The summed E-state index contributed by atoms with van der Waals surface area (Å²) in [4.78, 5) is 2.50. The smallest absolute Gasteiger partial charge is 0.143 e. The molecule has 1 aromatic heterocycles. The molecular formula is C69H43NO. The molecule has 0 amide bonds. The molecule has 0 atom stereocenters. The van der Waals surface area contributed by atoms with Gasteiger partial charge in [-0.15, -0.1) is 0 Å². The highest BCUT2D eigenvalue weighted by molar-refractivity contribution is 6.14. The van der Waals surface area contributed by atoms with Gasteiger partial charge in [0.15, 0.2) is 0 Å². The highest BCUT2D eigenvalue weighted by Crippen LogP contribution is 2.65. The lowest BCUT2D eigenvalue weighted by Gasteiger charge is -2.32. The Balaban J connectivity index is 0.940. The molecule has 0 fully saturated rings. The van der Waals surface area contributed by atoms with Crippen LogP contribution >= 0.6 is 0 Å². The summed E-state index contributed by atoms with van der Waals surface area (Å²) in [5.41, 5.74) is 21.8. The van der Waals surface area contributed by atoms with Crippen molar-refractivity contribution in [3.63, 3.8) is 0 Å². The molecule has 0 unspecified atom stereocenters. The van der Waals surface area contributed by atoms with Gasteiger partial charge in [0.05, 0.1) is 16.8 Å². The van der Waals surface area contributed by atoms with Crippen molar-refractivity contribution < 1.29 is 4.42 Å². The highest BCUT2D eigenvalue weighted by Gasteiger charge is 2.52. The number of furan rings is 1. The van der Waals surface area contributed by atoms with Gasteiger partial charge in [-0.05, 0) is 119 Å². The Morgan fingerprint density at radius 1 is 0.296 bits per heavy atom. The van der Waals surface area contributed by atoms with Gasteiger partial charge in [-0.1, -0.05) is 224 Å². The largest absolute Gasteiger partial charge is 0.455 e. The van der Waals surface area contributed by atoms with E-state index in [9.17, 15) is 0 Å². The van der Waals surface area contributed by atoms with Gasteiger partial charge in [0.25, 0.3) is 0 Å². The average molecular weight is 902 g/mol. The first-order valence-electron chi connectivity index (χ1n) is 24.6. The van der Waals surface area contributed by atoms with E-state index in [2.05, 4.69) is 266 Å². The molecule has 0 radical (unpaired) electrons. The van der Waals surface area contributed by atoms with Crippen LogP contribution in [0.2, 0.25) is 0 Å². The minimum absolute atomic E-state index is 0.480. The first-order chi connectivity index (χ1) is 35.2. The van der Waals surface area contributed by atoms with Gasteiger partial charge in [-0.3, -0.25) is 0 Å². The zero-order valence-corrected chi connectivity index (χ0v) is 38.7. The van der Waals surface area contributed by atoms with Crippen LogP contribution in [-0.2, 0) is 5.41 Å². The number of nitrogens with zero attached hydrogens (tertiary/aromatic N) is 1. The van der Waals surface area contributed by atoms with E-state index in [0.29, 0.717) is 0 Å². The van der Waals surface area contributed by atoms with Gasteiger partial charge >= 0.3 is 0 Å². The van der Waals surface area contributed by atoms with Crippen LogP contribution in [-0.4, -0.2) is 0 Å². The Labute approximate surface area is 412 Å². The van der Waals surface area contributed by atoms with Crippen LogP contribution in [0.25, 0.3) is 99.1 Å². The predicted octanol–water partition coefficient (Wildman–Crippen LogP) is 18.7. The van der Waals surface area contributed by atoms with E-state index in [1.165, 1.54) is 82.7 Å². The second-order valence-corrected chi connectivity index (χ2v) is 19.1. The second kappa shape index (κ2) is 15.4. The number of rotatable bonds is 6. The van der Waals surface area contributed by atoms with Crippen molar-refractivity contribution >= 4 is 60.5 Å². The van der Waals surface area contributed by atoms with E-state index in [-0.39, 0.29) is 0 Å². The monoisotopic (exact) mass is 901 g/mol. The van der Waals surface area contributed by atoms with Gasteiger partial charge in [0.2, 0.25) is 0 Å². The quantitative estimate of drug-likeness (QED) is 0.165. The van der Waals surface area contributed by atoms with E-state index in [1.54, 1.807) is 0 Å². The van der Waals surface area contributed by atoms with Gasteiger partial charge in [0, 0.05) is 33.2 Å². The predicted molar refractivity (Wildman–Crippen MR) is 296 cm³/mol. The van der Waals surface area contributed by atoms with Crippen molar-refractivity contribution in [1.82, 2.24) is 0 Å². The SMILES string of the molecule is c1ccc(N(c2ccc(-c3ccc(-c4cccc5ccccc45)cc3)cc2)c2cccc3c2-c2ccccc2C32c3ccccc3-c3ccccc32)c(-c2cccc3c2oc2cc4ccccc4cc23)c1. The molecular weight excluding hydrogens is 859 g/mol. The van der Waals surface area contributed by atoms with Crippen molar-refractivity contribution in [1.29, 1.82) is 0 Å². The molecule has 330 valence electrons. The topological polar surface area (TPSA) is 16.4 Å². The molecule has 0 aliphatic heterocycles. The third-order valence-corrected chi connectivity index (χ3v) is 15.5. The Hall–Kier alpha value is -9.24. The van der Waals surface area contributed by atoms with Crippen LogP contribution in [0.4, 0.5) is 17.1 Å². The van der Waals surface area contributed by atoms with E-state index >= 15 is 0 Å². The van der Waals surface area contributed by atoms with E-state index in [1.807, 2.05) is 0 Å². The average Bonchev–Trinajstić information content (AvgIpc) is 4.07. The fraction of sp³-hybridized carbons (Fsp3) is 0.0145. The summed E-state index contributed by atoms with van der Waals surface area (Å²) in [7, 11) is 0. The minimum atomic E-state index is -0.480. The second-order valence-electron chi connectivity index (χ2n) is 19.1. The Kier molecular flexibility index (Phi) is 8.61. The van der Waals surface area contributed by atoms with Crippen LogP contribution < -0.4 is 4.90 Å². The number of anilines is 3. The van der Waals surface area contributed by atoms with E-state index < -0.39 is 5.41 Å². The van der Waals surface area contributed by atoms with E-state index in [4.69, 9.17) is 4.42 Å². The number of benzene rings is 12. The number of hydrogen-bond acceptors (Lipinski definition) is 2. The standard InChI is InChI=1S/C69H43NO/c1-2-18-49-43-66-59(42-48(49)17-1)57-27-14-26-56(68(57)71-66)55-23-8-12-32-64(55)70(50-40-38-45(39-41-50)44-34-36-47(37-35-44)52-25-13-19-46-16-3-4-20-51(46)52)65-33-15-31-63-67(65)58-24-7-11-30-62(58)69(63)60-28-9-5-21-53(60)54-22-6-10-29-61(54)69/h1-43H. The summed E-state index contributed by atoms with van der Waals surface area (Å²) in [6.45, 7) is 0. The van der Waals surface area contributed by atoms with Crippen LogP contribution in [0, 0.1) is 0 Å². The third kappa shape index (κ3) is 5.77. The van der Waals surface area contributed by atoms with Gasteiger partial charge < -0.3 is 9.32 Å². The maximum Gasteiger partial charge on any atom is 0.143 e. The van der Waals surface area contributed by atoms with Gasteiger partial charge in [0.1, 0.15) is 11.2 Å². The molecule has 0 saturated carbocycles. The molecule has 2 nitrogen and oxygen atoms in total. The summed E-state index contributed by atoms with van der Waals surface area (Å²) >= 11 is 0. The number of para-hydroxylation sites is 2. The van der Waals surface area contributed by atoms with Crippen molar-refractivity contribution in [2.24, 2.45) is 0 Å². The zero-order valence-electron chi connectivity index (χ0n) is 38.7. The molecule has 0 N–H and O–H groups in total. The zero-order chi connectivity index (χ0) is 46.6. The normalized spacial score (nSPS) is 12.9. The molecule has 2 heteroatoms. The molecule has 0 bridgehead atoms. The third-order valence-electron chi connectivity index (χ3n) is 15.5. The van der Waals surface area contributed by atoms with E-state index in [0.717, 1.165) is 55.7 Å². The minimum Gasteiger partial charge on any atom is -0.455 e. The fourth-order valence-electron chi connectivity index (χ4n) is 12.4. The van der Waals surface area contributed by atoms with Crippen molar-refractivity contribution in [3.8, 4) is 55.6 Å².